The van der Waals surface area contributed by atoms with Crippen LogP contribution in [-0.2, 0) is 26.2 Å². The van der Waals surface area contributed by atoms with Crippen LogP contribution in [0.3, 0.4) is 0 Å². The number of nitrogens with one attached hydrogen (secondary N) is 1. The number of rotatable bonds is 8. The number of unbranched alkanes of at least 4 members (excludes halogenated alkanes) is 1. The molecule has 1 aromatic carbocycles. The summed E-state index contributed by atoms with van der Waals surface area (Å²) in [6, 6.07) is 5.55. The maximum absolute atomic E-state index is 12.5. The van der Waals surface area contributed by atoms with Gasteiger partial charge in [0.25, 0.3) is 5.56 Å². The summed E-state index contributed by atoms with van der Waals surface area (Å²) in [7, 11) is 1.95. The molecule has 156 valence electrons. The van der Waals surface area contributed by atoms with Gasteiger partial charge in [-0.2, -0.15) is 0 Å². The topological polar surface area (TPSA) is 75.9 Å². The molecular weight excluding hydrogens is 413 g/mol. The van der Waals surface area contributed by atoms with Gasteiger partial charge in [-0.05, 0) is 32.0 Å². The molecule has 0 aliphatic carbocycles. The summed E-state index contributed by atoms with van der Waals surface area (Å²) < 4.78 is 3.43. The van der Waals surface area contributed by atoms with Crippen LogP contribution >= 0.6 is 23.2 Å². The van der Waals surface area contributed by atoms with Gasteiger partial charge in [0, 0.05) is 19.6 Å². The van der Waals surface area contributed by atoms with Crippen LogP contribution < -0.4 is 11.2 Å². The lowest BCUT2D eigenvalue weighted by Gasteiger charge is -2.18. The van der Waals surface area contributed by atoms with Gasteiger partial charge in [0.15, 0.2) is 11.2 Å². The molecule has 0 aliphatic rings. The fourth-order valence-electron chi connectivity index (χ4n) is 3.46. The van der Waals surface area contributed by atoms with Gasteiger partial charge in [-0.25, -0.2) is 9.78 Å². The van der Waals surface area contributed by atoms with Crippen molar-refractivity contribution in [2.24, 2.45) is 0 Å². The molecule has 7 nitrogen and oxygen atoms in total. The van der Waals surface area contributed by atoms with Crippen LogP contribution in [0, 0.1) is 0 Å². The number of H-pyrrole nitrogens is 1. The van der Waals surface area contributed by atoms with Crippen LogP contribution in [0.1, 0.15) is 38.1 Å². The Hall–Kier alpha value is -2.09. The largest absolute Gasteiger partial charge is 0.330 e. The first kappa shape index (κ1) is 21.6. The van der Waals surface area contributed by atoms with Gasteiger partial charge in [0.2, 0.25) is 0 Å². The number of halogens is 2. The molecule has 0 fully saturated rings. The standard InChI is InChI=1S/C20H25Cl2N5O2/c1-4-6-10-27-18-17(19(28)24-20(27)29)26(5-2)15(23-18)12-25(3)11-13-8-7-9-14(21)16(13)22/h7-9H,4-6,10-12H2,1-3H3,(H,24,28,29). The second kappa shape index (κ2) is 9.15. The number of nitrogens with zero attached hydrogens (tertiary/aromatic N) is 4. The molecule has 0 saturated carbocycles. The first-order valence-corrected chi connectivity index (χ1v) is 10.5. The maximum Gasteiger partial charge on any atom is 0.330 e. The van der Waals surface area contributed by atoms with E-state index >= 15 is 0 Å². The third-order valence-corrected chi connectivity index (χ3v) is 5.76. The summed E-state index contributed by atoms with van der Waals surface area (Å²) >= 11 is 12.4. The quantitative estimate of drug-likeness (QED) is 0.583. The Labute approximate surface area is 178 Å². The average Bonchev–Trinajstić information content (AvgIpc) is 3.03. The van der Waals surface area contributed by atoms with Crippen LogP contribution in [0.15, 0.2) is 27.8 Å². The molecule has 1 N–H and O–H groups in total. The molecule has 3 aromatic rings. The van der Waals surface area contributed by atoms with Crippen LogP contribution in [0.4, 0.5) is 0 Å². The molecule has 2 aromatic heterocycles. The van der Waals surface area contributed by atoms with Crippen molar-refractivity contribution < 1.29 is 0 Å². The van der Waals surface area contributed by atoms with Crippen molar-refractivity contribution in [1.29, 1.82) is 0 Å². The smallest absolute Gasteiger partial charge is 0.321 e. The normalized spacial score (nSPS) is 11.7. The van der Waals surface area contributed by atoms with Gasteiger partial charge in [-0.1, -0.05) is 48.7 Å². The van der Waals surface area contributed by atoms with E-state index in [9.17, 15) is 9.59 Å². The Kier molecular flexibility index (Phi) is 6.82. The van der Waals surface area contributed by atoms with Crippen molar-refractivity contribution in [1.82, 2.24) is 24.0 Å². The summed E-state index contributed by atoms with van der Waals surface area (Å²) in [6.45, 7) is 6.18. The highest BCUT2D eigenvalue weighted by Gasteiger charge is 2.19. The number of fused-ring (bicyclic) bond motifs is 1. The lowest BCUT2D eigenvalue weighted by atomic mass is 10.2. The molecule has 0 spiro atoms. The third kappa shape index (κ3) is 4.42. The van der Waals surface area contributed by atoms with Gasteiger partial charge in [-0.3, -0.25) is 19.2 Å². The Balaban J connectivity index is 1.98. The molecular formula is C20H25Cl2N5O2. The molecule has 0 amide bonds. The highest BCUT2D eigenvalue weighted by molar-refractivity contribution is 6.42. The fourth-order valence-corrected chi connectivity index (χ4v) is 3.84. The van der Waals surface area contributed by atoms with Gasteiger partial charge in [-0.15, -0.1) is 0 Å². The van der Waals surface area contributed by atoms with Gasteiger partial charge >= 0.3 is 5.69 Å². The number of aromatic amines is 1. The number of hydrogen-bond acceptors (Lipinski definition) is 4. The number of imidazole rings is 1. The molecule has 2 heterocycles. The molecule has 0 bridgehead atoms. The van der Waals surface area contributed by atoms with Crippen molar-refractivity contribution in [2.75, 3.05) is 7.05 Å². The number of benzene rings is 1. The lowest BCUT2D eigenvalue weighted by molar-refractivity contribution is 0.306. The molecule has 29 heavy (non-hydrogen) atoms. The number of aryl methyl sites for hydroxylation is 2. The third-order valence-electron chi connectivity index (χ3n) is 4.90. The van der Waals surface area contributed by atoms with E-state index in [-0.39, 0.29) is 0 Å². The van der Waals surface area contributed by atoms with Gasteiger partial charge in [0.05, 0.1) is 16.6 Å². The summed E-state index contributed by atoms with van der Waals surface area (Å²) in [4.78, 5) is 34.0. The lowest BCUT2D eigenvalue weighted by Crippen LogP contribution is -2.31. The molecule has 0 atom stereocenters. The highest BCUT2D eigenvalue weighted by Crippen LogP contribution is 2.26. The van der Waals surface area contributed by atoms with E-state index in [0.29, 0.717) is 47.4 Å². The van der Waals surface area contributed by atoms with E-state index in [0.717, 1.165) is 24.2 Å². The first-order valence-electron chi connectivity index (χ1n) is 9.71. The number of hydrogen-bond donors (Lipinski definition) is 1. The fraction of sp³-hybridized carbons (Fsp3) is 0.450. The summed E-state index contributed by atoms with van der Waals surface area (Å²) in [6.07, 6.45) is 1.78. The van der Waals surface area contributed by atoms with Crippen LogP contribution in [0.25, 0.3) is 11.2 Å². The van der Waals surface area contributed by atoms with E-state index in [1.165, 1.54) is 0 Å². The Morgan fingerprint density at radius 2 is 1.90 bits per heavy atom. The minimum absolute atomic E-state index is 0.404. The van der Waals surface area contributed by atoms with E-state index in [2.05, 4.69) is 16.9 Å². The summed E-state index contributed by atoms with van der Waals surface area (Å²) in [5.41, 5.74) is 0.977. The highest BCUT2D eigenvalue weighted by atomic mass is 35.5. The SMILES string of the molecule is CCCCn1c(=O)[nH]c(=O)c2c1nc(CN(C)Cc1cccc(Cl)c1Cl)n2CC. The Morgan fingerprint density at radius 3 is 2.59 bits per heavy atom. The van der Waals surface area contributed by atoms with Crippen molar-refractivity contribution in [3.8, 4) is 0 Å². The van der Waals surface area contributed by atoms with Crippen LogP contribution in [-0.4, -0.2) is 31.0 Å². The average molecular weight is 438 g/mol. The van der Waals surface area contributed by atoms with Gasteiger partial charge < -0.3 is 4.57 Å². The molecule has 0 unspecified atom stereocenters. The predicted octanol–water partition coefficient (Wildman–Crippen LogP) is 3.65. The molecule has 0 saturated heterocycles. The number of aromatic nitrogens is 4. The second-order valence-corrected chi connectivity index (χ2v) is 7.88. The Bertz CT molecular complexity index is 1130. The summed E-state index contributed by atoms with van der Waals surface area (Å²) in [5, 5.41) is 1.06. The van der Waals surface area contributed by atoms with Gasteiger partial charge in [0.1, 0.15) is 5.82 Å². The van der Waals surface area contributed by atoms with Crippen molar-refractivity contribution in [3.05, 3.63) is 60.5 Å². The van der Waals surface area contributed by atoms with E-state index in [1.54, 1.807) is 10.6 Å². The van der Waals surface area contributed by atoms with Crippen LogP contribution in [0.5, 0.6) is 0 Å². The van der Waals surface area contributed by atoms with Crippen molar-refractivity contribution >= 4 is 34.4 Å². The summed E-state index contributed by atoms with van der Waals surface area (Å²) in [5.74, 6) is 0.726. The predicted molar refractivity (Wildman–Crippen MR) is 117 cm³/mol. The van der Waals surface area contributed by atoms with Crippen LogP contribution in [0.2, 0.25) is 10.0 Å². The van der Waals surface area contributed by atoms with Crippen molar-refractivity contribution in [2.45, 2.75) is 52.9 Å². The Morgan fingerprint density at radius 1 is 1.14 bits per heavy atom. The zero-order valence-electron chi connectivity index (χ0n) is 16.8. The monoisotopic (exact) mass is 437 g/mol. The first-order chi connectivity index (χ1) is 13.9. The minimum Gasteiger partial charge on any atom is -0.321 e. The molecule has 9 heteroatoms. The minimum atomic E-state index is -0.415. The zero-order valence-corrected chi connectivity index (χ0v) is 18.3. The second-order valence-electron chi connectivity index (χ2n) is 7.09. The van der Waals surface area contributed by atoms with E-state index in [1.807, 2.05) is 35.6 Å². The molecule has 0 aliphatic heterocycles. The van der Waals surface area contributed by atoms with Crippen molar-refractivity contribution in [3.63, 3.8) is 0 Å². The maximum atomic E-state index is 12.5. The molecule has 0 radical (unpaired) electrons. The van der Waals surface area contributed by atoms with E-state index < -0.39 is 11.2 Å². The van der Waals surface area contributed by atoms with E-state index in [4.69, 9.17) is 23.2 Å². The zero-order chi connectivity index (χ0) is 21.1. The molecule has 3 rings (SSSR count).